The molecule has 0 atom stereocenters. The van der Waals surface area contributed by atoms with Crippen molar-refractivity contribution in [2.45, 2.75) is 12.8 Å². The highest BCUT2D eigenvalue weighted by atomic mass is 14.2. The predicted molar refractivity (Wildman–Crippen MR) is 95.1 cm³/mol. The van der Waals surface area contributed by atoms with Crippen LogP contribution >= 0.6 is 0 Å². The maximum atomic E-state index is 2.34. The highest BCUT2D eigenvalue weighted by molar-refractivity contribution is 6.34. The van der Waals surface area contributed by atoms with Gasteiger partial charge in [0.15, 0.2) is 0 Å². The van der Waals surface area contributed by atoms with E-state index in [2.05, 4.69) is 60.7 Å². The quantitative estimate of drug-likeness (QED) is 0.247. The number of benzene rings is 5. The van der Waals surface area contributed by atoms with Gasteiger partial charge in [0.25, 0.3) is 0 Å². The normalized spacial score (nSPS) is 14.0. The first-order chi connectivity index (χ1) is 10.9. The molecule has 0 heterocycles. The Morgan fingerprint density at radius 2 is 1.09 bits per heavy atom. The molecule has 0 bridgehead atoms. The Labute approximate surface area is 128 Å². The van der Waals surface area contributed by atoms with Crippen LogP contribution in [0.15, 0.2) is 60.7 Å². The summed E-state index contributed by atoms with van der Waals surface area (Å²) >= 11 is 0. The van der Waals surface area contributed by atoms with Gasteiger partial charge in [-0.25, -0.2) is 0 Å². The van der Waals surface area contributed by atoms with Gasteiger partial charge in [-0.3, -0.25) is 0 Å². The van der Waals surface area contributed by atoms with Crippen molar-refractivity contribution >= 4 is 43.1 Å². The molecule has 0 spiro atoms. The SMILES string of the molecule is c1cc2c3c(c1)c1cccc4ccc5ccc(c3c5c41)CC2. The molecule has 5 aromatic carbocycles. The molecule has 1 aliphatic carbocycles. The summed E-state index contributed by atoms with van der Waals surface area (Å²) in [5.41, 5.74) is 3.04. The third kappa shape index (κ3) is 1.13. The number of hydrogen-bond acceptors (Lipinski definition) is 0. The lowest BCUT2D eigenvalue weighted by Crippen LogP contribution is -2.02. The smallest absolute Gasteiger partial charge is 0.00175 e. The minimum Gasteiger partial charge on any atom is -0.0613 e. The molecule has 5 aromatic rings. The van der Waals surface area contributed by atoms with E-state index in [0.29, 0.717) is 0 Å². The molecule has 0 amide bonds. The Hall–Kier alpha value is -2.60. The summed E-state index contributed by atoms with van der Waals surface area (Å²) in [5, 5.41) is 11.5. The molecular formula is C22H14. The maximum absolute atomic E-state index is 2.34. The van der Waals surface area contributed by atoms with E-state index in [1.165, 1.54) is 67.1 Å². The molecule has 0 radical (unpaired) electrons. The fraction of sp³-hybridized carbons (Fsp3) is 0.0909. The molecule has 0 saturated carbocycles. The first-order valence-corrected chi connectivity index (χ1v) is 8.02. The summed E-state index contributed by atoms with van der Waals surface area (Å²) in [5.74, 6) is 0. The summed E-state index contributed by atoms with van der Waals surface area (Å²) in [6.07, 6.45) is 2.33. The molecule has 6 rings (SSSR count). The fourth-order valence-corrected chi connectivity index (χ4v) is 4.55. The summed E-state index contributed by atoms with van der Waals surface area (Å²) in [4.78, 5) is 0. The van der Waals surface area contributed by atoms with Gasteiger partial charge in [0, 0.05) is 0 Å². The van der Waals surface area contributed by atoms with Crippen LogP contribution in [-0.4, -0.2) is 0 Å². The largest absolute Gasteiger partial charge is 0.0613 e. The van der Waals surface area contributed by atoms with Gasteiger partial charge < -0.3 is 0 Å². The second-order valence-electron chi connectivity index (χ2n) is 6.51. The van der Waals surface area contributed by atoms with E-state index in [0.717, 1.165) is 0 Å². The van der Waals surface area contributed by atoms with E-state index in [-0.39, 0.29) is 0 Å². The van der Waals surface area contributed by atoms with Crippen LogP contribution in [0.25, 0.3) is 43.1 Å². The fourth-order valence-electron chi connectivity index (χ4n) is 4.55. The second kappa shape index (κ2) is 3.59. The minimum absolute atomic E-state index is 1.17. The molecule has 102 valence electrons. The molecule has 0 aliphatic heterocycles. The molecule has 22 heavy (non-hydrogen) atoms. The average molecular weight is 278 g/mol. The molecule has 0 unspecified atom stereocenters. The van der Waals surface area contributed by atoms with Crippen molar-refractivity contribution in [3.8, 4) is 0 Å². The van der Waals surface area contributed by atoms with Crippen LogP contribution in [0.3, 0.4) is 0 Å². The van der Waals surface area contributed by atoms with Crippen LogP contribution in [0.2, 0.25) is 0 Å². The highest BCUT2D eigenvalue weighted by Gasteiger charge is 2.20. The third-order valence-electron chi connectivity index (χ3n) is 5.47. The number of rotatable bonds is 0. The number of aryl methyl sites for hydroxylation is 2. The minimum atomic E-state index is 1.17. The van der Waals surface area contributed by atoms with E-state index in [9.17, 15) is 0 Å². The van der Waals surface area contributed by atoms with Crippen molar-refractivity contribution in [1.29, 1.82) is 0 Å². The van der Waals surface area contributed by atoms with Gasteiger partial charge in [-0.1, -0.05) is 60.7 Å². The molecule has 0 fully saturated rings. The highest BCUT2D eigenvalue weighted by Crippen LogP contribution is 2.44. The van der Waals surface area contributed by atoms with E-state index >= 15 is 0 Å². The second-order valence-corrected chi connectivity index (χ2v) is 6.51. The third-order valence-corrected chi connectivity index (χ3v) is 5.47. The molecule has 0 nitrogen and oxygen atoms in total. The van der Waals surface area contributed by atoms with Crippen LogP contribution in [0, 0.1) is 0 Å². The van der Waals surface area contributed by atoms with Crippen molar-refractivity contribution in [1.82, 2.24) is 0 Å². The monoisotopic (exact) mass is 278 g/mol. The van der Waals surface area contributed by atoms with E-state index in [1.807, 2.05) is 0 Å². The number of fused-ring (bicyclic) bond motifs is 1. The summed E-state index contributed by atoms with van der Waals surface area (Å²) in [6.45, 7) is 0. The Morgan fingerprint density at radius 3 is 1.95 bits per heavy atom. The van der Waals surface area contributed by atoms with E-state index in [4.69, 9.17) is 0 Å². The molecule has 0 heteroatoms. The van der Waals surface area contributed by atoms with Gasteiger partial charge in [-0.15, -0.1) is 0 Å². The zero-order valence-electron chi connectivity index (χ0n) is 12.2. The first-order valence-electron chi connectivity index (χ1n) is 8.02. The van der Waals surface area contributed by atoms with Crippen LogP contribution in [0.5, 0.6) is 0 Å². The van der Waals surface area contributed by atoms with Gasteiger partial charge >= 0.3 is 0 Å². The van der Waals surface area contributed by atoms with Crippen molar-refractivity contribution in [2.75, 3.05) is 0 Å². The lowest BCUT2D eigenvalue weighted by Gasteiger charge is -2.22. The summed E-state index contributed by atoms with van der Waals surface area (Å²) in [6, 6.07) is 22.8. The molecule has 0 N–H and O–H groups in total. The van der Waals surface area contributed by atoms with Crippen LogP contribution in [-0.2, 0) is 12.8 Å². The van der Waals surface area contributed by atoms with Gasteiger partial charge in [0.1, 0.15) is 0 Å². The van der Waals surface area contributed by atoms with Gasteiger partial charge in [0.2, 0.25) is 0 Å². The van der Waals surface area contributed by atoms with Gasteiger partial charge in [-0.2, -0.15) is 0 Å². The Kier molecular flexibility index (Phi) is 1.80. The Bertz CT molecular complexity index is 1210. The van der Waals surface area contributed by atoms with Crippen molar-refractivity contribution < 1.29 is 0 Å². The molecular weight excluding hydrogens is 264 g/mol. The summed E-state index contributed by atoms with van der Waals surface area (Å²) < 4.78 is 0. The first kappa shape index (κ1) is 11.0. The van der Waals surface area contributed by atoms with Crippen molar-refractivity contribution in [2.24, 2.45) is 0 Å². The Balaban J connectivity index is 2.16. The zero-order valence-corrected chi connectivity index (χ0v) is 12.2. The lowest BCUT2D eigenvalue weighted by atomic mass is 9.81. The van der Waals surface area contributed by atoms with E-state index in [1.54, 1.807) is 0 Å². The average Bonchev–Trinajstić information content (AvgIpc) is 2.59. The zero-order chi connectivity index (χ0) is 14.3. The van der Waals surface area contributed by atoms with Crippen LogP contribution < -0.4 is 0 Å². The molecule has 0 aromatic heterocycles. The lowest BCUT2D eigenvalue weighted by molar-refractivity contribution is 0.969. The van der Waals surface area contributed by atoms with Gasteiger partial charge in [-0.05, 0) is 67.1 Å². The number of hydrogen-bond donors (Lipinski definition) is 0. The van der Waals surface area contributed by atoms with E-state index < -0.39 is 0 Å². The molecule has 1 aliphatic rings. The van der Waals surface area contributed by atoms with Crippen molar-refractivity contribution in [3.05, 3.63) is 71.8 Å². The maximum Gasteiger partial charge on any atom is -0.00175 e. The summed E-state index contributed by atoms with van der Waals surface area (Å²) in [7, 11) is 0. The van der Waals surface area contributed by atoms with Crippen LogP contribution in [0.1, 0.15) is 11.1 Å². The topological polar surface area (TPSA) is 0 Å². The molecule has 0 saturated heterocycles. The van der Waals surface area contributed by atoms with Gasteiger partial charge in [0.05, 0.1) is 0 Å². The van der Waals surface area contributed by atoms with Crippen molar-refractivity contribution in [3.63, 3.8) is 0 Å². The Morgan fingerprint density at radius 1 is 0.455 bits per heavy atom. The standard InChI is InChI=1S/C22H14/c1-3-13-7-9-15-11-12-16-10-8-14-4-2-6-18-17(5-1)19(13)21(15)22(16)20(14)18/h1-7,9,11-12H,8,10H2. The van der Waals surface area contributed by atoms with Crippen LogP contribution in [0.4, 0.5) is 0 Å². The predicted octanol–water partition coefficient (Wildman–Crippen LogP) is 5.84.